The molecule has 2 fully saturated rings. The van der Waals surface area contributed by atoms with Crippen LogP contribution in [0.15, 0.2) is 5.16 Å². The zero-order chi connectivity index (χ0) is 14.2. The van der Waals surface area contributed by atoms with Crippen molar-refractivity contribution in [1.29, 1.82) is 0 Å². The quantitative estimate of drug-likeness (QED) is 0.908. The first-order valence-corrected chi connectivity index (χ1v) is 8.10. The van der Waals surface area contributed by atoms with E-state index in [2.05, 4.69) is 37.9 Å². The maximum absolute atomic E-state index is 11.6. The van der Waals surface area contributed by atoms with Crippen LogP contribution < -0.4 is 5.14 Å². The highest BCUT2D eigenvalue weighted by atomic mass is 32.2. The minimum Gasteiger partial charge on any atom is -0.297 e. The Labute approximate surface area is 113 Å². The fourth-order valence-corrected chi connectivity index (χ4v) is 3.87. The predicted octanol–water partition coefficient (Wildman–Crippen LogP) is 1.41. The van der Waals surface area contributed by atoms with Gasteiger partial charge in [0.1, 0.15) is 5.82 Å². The van der Waals surface area contributed by atoms with Crippen LogP contribution in [0, 0.1) is 10.8 Å². The number of nitrogens with zero attached hydrogens (tertiary/aromatic N) is 3. The van der Waals surface area contributed by atoms with Crippen LogP contribution in [0.25, 0.3) is 0 Å². The molecule has 0 spiro atoms. The molecule has 3 rings (SSSR count). The van der Waals surface area contributed by atoms with E-state index in [-0.39, 0.29) is 27.9 Å². The molecule has 1 aromatic rings. The number of nitrogens with two attached hydrogens (primary N) is 1. The summed E-state index contributed by atoms with van der Waals surface area (Å²) in [6.07, 6.45) is 1.95. The molecule has 2 aliphatic rings. The fourth-order valence-electron chi connectivity index (χ4n) is 3.20. The van der Waals surface area contributed by atoms with E-state index in [9.17, 15) is 8.42 Å². The monoisotopic (exact) mass is 284 g/mol. The van der Waals surface area contributed by atoms with Gasteiger partial charge in [0.2, 0.25) is 0 Å². The Balaban J connectivity index is 2.12. The zero-order valence-electron chi connectivity index (χ0n) is 11.7. The third-order valence-electron chi connectivity index (χ3n) is 5.14. The van der Waals surface area contributed by atoms with Crippen LogP contribution in [0.4, 0.5) is 0 Å². The molecule has 2 N–H and O–H groups in total. The molecular weight excluding hydrogens is 264 g/mol. The van der Waals surface area contributed by atoms with Crippen LogP contribution in [0.5, 0.6) is 0 Å². The zero-order valence-corrected chi connectivity index (χ0v) is 12.5. The van der Waals surface area contributed by atoms with Crippen molar-refractivity contribution < 1.29 is 8.42 Å². The molecule has 6 nitrogen and oxygen atoms in total. The SMILES string of the molecule is CC1(C)C(c2nnc(S(N)(=O)=O)n2C2CC2)C1(C)C. The lowest BCUT2D eigenvalue weighted by atomic mass is 10.0. The first-order valence-electron chi connectivity index (χ1n) is 6.56. The predicted molar refractivity (Wildman–Crippen MR) is 70.0 cm³/mol. The molecular formula is C12H20N4O2S. The summed E-state index contributed by atoms with van der Waals surface area (Å²) in [7, 11) is -3.81. The summed E-state index contributed by atoms with van der Waals surface area (Å²) in [5.41, 5.74) is 0.199. The van der Waals surface area contributed by atoms with Crippen molar-refractivity contribution in [3.05, 3.63) is 5.82 Å². The highest BCUT2D eigenvalue weighted by Gasteiger charge is 2.67. The number of primary sulfonamides is 1. The Hall–Kier alpha value is -0.950. The number of hydrogen-bond donors (Lipinski definition) is 1. The molecule has 2 aliphatic carbocycles. The van der Waals surface area contributed by atoms with Gasteiger partial charge in [0, 0.05) is 12.0 Å². The number of sulfonamides is 1. The minimum absolute atomic E-state index is 0.0801. The second-order valence-corrected chi connectivity index (χ2v) is 8.32. The van der Waals surface area contributed by atoms with Crippen LogP contribution in [0.3, 0.4) is 0 Å². The summed E-state index contributed by atoms with van der Waals surface area (Å²) in [5.74, 6) is 1.00. The van der Waals surface area contributed by atoms with Gasteiger partial charge in [-0.2, -0.15) is 0 Å². The second kappa shape index (κ2) is 3.38. The first-order chi connectivity index (χ1) is 8.58. The lowest BCUT2D eigenvalue weighted by molar-refractivity contribution is 0.457. The molecule has 1 heterocycles. The van der Waals surface area contributed by atoms with Gasteiger partial charge in [-0.1, -0.05) is 27.7 Å². The number of rotatable bonds is 3. The van der Waals surface area contributed by atoms with E-state index >= 15 is 0 Å². The van der Waals surface area contributed by atoms with Crippen molar-refractivity contribution in [3.8, 4) is 0 Å². The maximum atomic E-state index is 11.6. The number of hydrogen-bond acceptors (Lipinski definition) is 4. The van der Waals surface area contributed by atoms with Crippen molar-refractivity contribution in [2.75, 3.05) is 0 Å². The van der Waals surface area contributed by atoms with Crippen LogP contribution in [0.2, 0.25) is 0 Å². The first kappa shape index (κ1) is 13.1. The Kier molecular flexibility index (Phi) is 2.32. The summed E-state index contributed by atoms with van der Waals surface area (Å²) in [6.45, 7) is 8.72. The van der Waals surface area contributed by atoms with E-state index < -0.39 is 10.0 Å². The highest BCUT2D eigenvalue weighted by molar-refractivity contribution is 7.89. The molecule has 0 aliphatic heterocycles. The fraction of sp³-hybridized carbons (Fsp3) is 0.833. The Morgan fingerprint density at radius 3 is 2.05 bits per heavy atom. The summed E-state index contributed by atoms with van der Waals surface area (Å²) < 4.78 is 25.0. The van der Waals surface area contributed by atoms with E-state index in [0.717, 1.165) is 18.7 Å². The maximum Gasteiger partial charge on any atom is 0.273 e. The molecule has 0 aromatic carbocycles. The number of aromatic nitrogens is 3. The van der Waals surface area contributed by atoms with Gasteiger partial charge < -0.3 is 0 Å². The van der Waals surface area contributed by atoms with Gasteiger partial charge in [-0.05, 0) is 23.7 Å². The average molecular weight is 284 g/mol. The summed E-state index contributed by atoms with van der Waals surface area (Å²) in [6, 6.07) is 0.200. The van der Waals surface area contributed by atoms with Crippen LogP contribution in [-0.2, 0) is 10.0 Å². The van der Waals surface area contributed by atoms with Crippen LogP contribution in [0.1, 0.15) is 58.3 Å². The third kappa shape index (κ3) is 1.67. The summed E-state index contributed by atoms with van der Waals surface area (Å²) in [5, 5.41) is 13.2. The van der Waals surface area contributed by atoms with Gasteiger partial charge in [-0.25, -0.2) is 13.6 Å². The molecule has 1 aromatic heterocycles. The standard InChI is InChI=1S/C12H20N4O2S/c1-11(2)8(12(11,3)4)9-14-15-10(19(13,17)18)16(9)7-5-6-7/h7-8H,5-6H2,1-4H3,(H2,13,17,18). The third-order valence-corrected chi connectivity index (χ3v) is 5.92. The molecule has 0 bridgehead atoms. The molecule has 0 radical (unpaired) electrons. The lowest BCUT2D eigenvalue weighted by Crippen LogP contribution is -2.19. The molecule has 0 saturated heterocycles. The molecule has 2 saturated carbocycles. The van der Waals surface area contributed by atoms with Gasteiger partial charge in [-0.15, -0.1) is 10.2 Å². The van der Waals surface area contributed by atoms with E-state index in [1.807, 2.05) is 0 Å². The summed E-state index contributed by atoms with van der Waals surface area (Å²) >= 11 is 0. The highest BCUT2D eigenvalue weighted by Crippen LogP contribution is 2.73. The van der Waals surface area contributed by atoms with Crippen molar-refractivity contribution in [2.45, 2.75) is 57.7 Å². The van der Waals surface area contributed by atoms with Crippen molar-refractivity contribution in [3.63, 3.8) is 0 Å². The molecule has 0 amide bonds. The topological polar surface area (TPSA) is 90.9 Å². The smallest absolute Gasteiger partial charge is 0.273 e. The molecule has 7 heteroatoms. The van der Waals surface area contributed by atoms with E-state index in [0.29, 0.717) is 0 Å². The van der Waals surface area contributed by atoms with Gasteiger partial charge >= 0.3 is 0 Å². The van der Waals surface area contributed by atoms with Crippen molar-refractivity contribution in [2.24, 2.45) is 16.0 Å². The minimum atomic E-state index is -3.81. The Morgan fingerprint density at radius 1 is 1.16 bits per heavy atom. The van der Waals surface area contributed by atoms with E-state index in [1.165, 1.54) is 0 Å². The molecule has 19 heavy (non-hydrogen) atoms. The van der Waals surface area contributed by atoms with Crippen molar-refractivity contribution >= 4 is 10.0 Å². The second-order valence-electron chi connectivity index (χ2n) is 6.86. The normalized spacial score (nSPS) is 25.5. The van der Waals surface area contributed by atoms with Crippen LogP contribution >= 0.6 is 0 Å². The van der Waals surface area contributed by atoms with Gasteiger partial charge in [0.05, 0.1) is 0 Å². The van der Waals surface area contributed by atoms with E-state index in [1.54, 1.807) is 4.57 Å². The van der Waals surface area contributed by atoms with Gasteiger partial charge in [-0.3, -0.25) is 4.57 Å². The average Bonchev–Trinajstić information content (AvgIpc) is 3.06. The lowest BCUT2D eigenvalue weighted by Gasteiger charge is -2.08. The Bertz CT molecular complexity index is 627. The van der Waals surface area contributed by atoms with Gasteiger partial charge in [0.25, 0.3) is 15.2 Å². The van der Waals surface area contributed by atoms with Gasteiger partial charge in [0.15, 0.2) is 0 Å². The molecule has 0 atom stereocenters. The van der Waals surface area contributed by atoms with Crippen LogP contribution in [-0.4, -0.2) is 23.2 Å². The van der Waals surface area contributed by atoms with E-state index in [4.69, 9.17) is 5.14 Å². The van der Waals surface area contributed by atoms with Crippen molar-refractivity contribution in [1.82, 2.24) is 14.8 Å². The Morgan fingerprint density at radius 2 is 1.68 bits per heavy atom. The largest absolute Gasteiger partial charge is 0.297 e. The molecule has 0 unspecified atom stereocenters. The summed E-state index contributed by atoms with van der Waals surface area (Å²) in [4.78, 5) is 0. The molecule has 106 valence electrons.